The Morgan fingerprint density at radius 1 is 1.21 bits per heavy atom. The number of rotatable bonds is 6. The van der Waals surface area contributed by atoms with Crippen molar-refractivity contribution in [3.8, 4) is 0 Å². The highest BCUT2D eigenvalue weighted by Crippen LogP contribution is 2.45. The number of nitrogens with zero attached hydrogens (tertiary/aromatic N) is 2. The third kappa shape index (κ3) is 3.80. The van der Waals surface area contributed by atoms with E-state index in [2.05, 4.69) is 29.3 Å². The molecule has 2 saturated heterocycles. The number of hydrogen-bond acceptors (Lipinski definition) is 4. The summed E-state index contributed by atoms with van der Waals surface area (Å²) in [5.41, 5.74) is 1.91. The van der Waals surface area contributed by atoms with Gasteiger partial charge < -0.3 is 15.0 Å². The van der Waals surface area contributed by atoms with E-state index < -0.39 is 5.41 Å². The number of carbonyl (C=O) groups is 2. The minimum absolute atomic E-state index is 0.0776. The van der Waals surface area contributed by atoms with E-state index in [4.69, 9.17) is 4.74 Å². The molecule has 0 radical (unpaired) electrons. The average Bonchev–Trinajstić information content (AvgIpc) is 3.00. The molecule has 6 nitrogen and oxygen atoms in total. The Morgan fingerprint density at radius 3 is 2.64 bits per heavy atom. The lowest BCUT2D eigenvalue weighted by Gasteiger charge is -2.42. The van der Waals surface area contributed by atoms with Crippen LogP contribution in [0.3, 0.4) is 0 Å². The first-order valence-corrected chi connectivity index (χ1v) is 10.5. The zero-order valence-corrected chi connectivity index (χ0v) is 16.8. The van der Waals surface area contributed by atoms with Crippen molar-refractivity contribution in [2.45, 2.75) is 44.1 Å². The molecule has 0 bridgehead atoms. The van der Waals surface area contributed by atoms with Crippen LogP contribution in [-0.2, 0) is 19.7 Å². The van der Waals surface area contributed by atoms with Crippen LogP contribution < -0.4 is 5.32 Å². The molecule has 1 saturated carbocycles. The first-order valence-electron chi connectivity index (χ1n) is 10.5. The van der Waals surface area contributed by atoms with Crippen LogP contribution in [0.1, 0.15) is 36.8 Å². The lowest BCUT2D eigenvalue weighted by atomic mass is 9.62. The van der Waals surface area contributed by atoms with Crippen LogP contribution in [0.2, 0.25) is 0 Å². The third-order valence-electron chi connectivity index (χ3n) is 6.64. The van der Waals surface area contributed by atoms with E-state index in [0.29, 0.717) is 13.0 Å². The molecular formula is C22H31N3O3. The number of morpholine rings is 1. The quantitative estimate of drug-likeness (QED) is 0.806. The molecule has 0 aromatic heterocycles. The Balaban J connectivity index is 1.34. The van der Waals surface area contributed by atoms with Gasteiger partial charge in [0.15, 0.2) is 0 Å². The highest BCUT2D eigenvalue weighted by atomic mass is 16.5. The molecule has 1 aromatic rings. The summed E-state index contributed by atoms with van der Waals surface area (Å²) in [6, 6.07) is 8.12. The Bertz CT molecular complexity index is 725. The molecule has 1 aromatic carbocycles. The largest absolute Gasteiger partial charge is 0.379 e. The van der Waals surface area contributed by atoms with Gasteiger partial charge in [0.05, 0.1) is 24.7 Å². The summed E-state index contributed by atoms with van der Waals surface area (Å²) in [5.74, 6) is 0.248. The molecule has 2 aliphatic heterocycles. The molecule has 6 heteroatoms. The van der Waals surface area contributed by atoms with Crippen molar-refractivity contribution >= 4 is 11.8 Å². The molecule has 1 atom stereocenters. The summed E-state index contributed by atoms with van der Waals surface area (Å²) in [4.78, 5) is 29.9. The van der Waals surface area contributed by atoms with Crippen molar-refractivity contribution in [3.63, 3.8) is 0 Å². The summed E-state index contributed by atoms with van der Waals surface area (Å²) >= 11 is 0. The second kappa shape index (κ2) is 8.21. The van der Waals surface area contributed by atoms with Crippen LogP contribution >= 0.6 is 0 Å². The Morgan fingerprint density at radius 2 is 1.96 bits per heavy atom. The number of amides is 2. The van der Waals surface area contributed by atoms with Gasteiger partial charge >= 0.3 is 0 Å². The minimum atomic E-state index is -0.407. The summed E-state index contributed by atoms with van der Waals surface area (Å²) < 4.78 is 5.38. The molecule has 152 valence electrons. The fraction of sp³-hybridized carbons (Fsp3) is 0.636. The van der Waals surface area contributed by atoms with Gasteiger partial charge in [0.25, 0.3) is 0 Å². The first kappa shape index (κ1) is 19.4. The monoisotopic (exact) mass is 385 g/mol. The summed E-state index contributed by atoms with van der Waals surface area (Å²) in [6.07, 6.45) is 3.28. The topological polar surface area (TPSA) is 61.9 Å². The maximum absolute atomic E-state index is 13.2. The molecule has 3 aliphatic rings. The SMILES string of the molecule is Cc1ccccc1C1(C(=O)NC2CC(=O)N(CCN3CCOCC3)C2)CCC1. The van der Waals surface area contributed by atoms with Gasteiger partial charge in [0.1, 0.15) is 0 Å². The maximum atomic E-state index is 13.2. The normalized spacial score (nSPS) is 24.8. The zero-order valence-electron chi connectivity index (χ0n) is 16.8. The predicted molar refractivity (Wildman–Crippen MR) is 107 cm³/mol. The predicted octanol–water partition coefficient (Wildman–Crippen LogP) is 1.47. The Hall–Kier alpha value is -1.92. The Labute approximate surface area is 167 Å². The Kier molecular flexibility index (Phi) is 5.69. The molecular weight excluding hydrogens is 354 g/mol. The number of nitrogens with one attached hydrogen (secondary N) is 1. The van der Waals surface area contributed by atoms with Crippen LogP contribution in [0.5, 0.6) is 0 Å². The van der Waals surface area contributed by atoms with Gasteiger partial charge in [-0.25, -0.2) is 0 Å². The smallest absolute Gasteiger partial charge is 0.230 e. The van der Waals surface area contributed by atoms with E-state index in [9.17, 15) is 9.59 Å². The maximum Gasteiger partial charge on any atom is 0.230 e. The minimum Gasteiger partial charge on any atom is -0.379 e. The van der Waals surface area contributed by atoms with Crippen molar-refractivity contribution in [1.82, 2.24) is 15.1 Å². The molecule has 2 heterocycles. The fourth-order valence-electron chi connectivity index (χ4n) is 4.75. The van der Waals surface area contributed by atoms with Crippen LogP contribution in [0.15, 0.2) is 24.3 Å². The number of benzene rings is 1. The lowest BCUT2D eigenvalue weighted by Crippen LogP contribution is -2.53. The third-order valence-corrected chi connectivity index (χ3v) is 6.64. The molecule has 28 heavy (non-hydrogen) atoms. The second-order valence-corrected chi connectivity index (χ2v) is 8.42. The molecule has 1 unspecified atom stereocenters. The van der Waals surface area contributed by atoms with Crippen molar-refractivity contribution in [2.24, 2.45) is 0 Å². The van der Waals surface area contributed by atoms with Gasteiger partial charge in [-0.05, 0) is 30.9 Å². The van der Waals surface area contributed by atoms with Gasteiger partial charge in [0.2, 0.25) is 11.8 Å². The van der Waals surface area contributed by atoms with Crippen molar-refractivity contribution in [1.29, 1.82) is 0 Å². The fourth-order valence-corrected chi connectivity index (χ4v) is 4.75. The number of carbonyl (C=O) groups excluding carboxylic acids is 2. The molecule has 2 amide bonds. The van der Waals surface area contributed by atoms with E-state index in [1.807, 2.05) is 17.0 Å². The summed E-state index contributed by atoms with van der Waals surface area (Å²) in [7, 11) is 0. The van der Waals surface area contributed by atoms with E-state index in [0.717, 1.165) is 64.2 Å². The van der Waals surface area contributed by atoms with Gasteiger partial charge in [-0.15, -0.1) is 0 Å². The van der Waals surface area contributed by atoms with Crippen molar-refractivity contribution < 1.29 is 14.3 Å². The summed E-state index contributed by atoms with van der Waals surface area (Å²) in [5, 5.41) is 3.21. The van der Waals surface area contributed by atoms with E-state index >= 15 is 0 Å². The van der Waals surface area contributed by atoms with Gasteiger partial charge in [0, 0.05) is 39.1 Å². The van der Waals surface area contributed by atoms with Crippen LogP contribution in [0.25, 0.3) is 0 Å². The van der Waals surface area contributed by atoms with Crippen LogP contribution in [0.4, 0.5) is 0 Å². The van der Waals surface area contributed by atoms with E-state index in [1.54, 1.807) is 0 Å². The van der Waals surface area contributed by atoms with Crippen LogP contribution in [0, 0.1) is 6.92 Å². The van der Waals surface area contributed by atoms with Crippen molar-refractivity contribution in [3.05, 3.63) is 35.4 Å². The molecule has 1 aliphatic carbocycles. The van der Waals surface area contributed by atoms with E-state index in [1.165, 1.54) is 5.56 Å². The lowest BCUT2D eigenvalue weighted by molar-refractivity contribution is -0.130. The van der Waals surface area contributed by atoms with Gasteiger partial charge in [-0.1, -0.05) is 30.7 Å². The van der Waals surface area contributed by atoms with Crippen LogP contribution in [-0.4, -0.2) is 73.6 Å². The first-order chi connectivity index (χ1) is 13.6. The second-order valence-electron chi connectivity index (χ2n) is 8.42. The highest BCUT2D eigenvalue weighted by molar-refractivity contribution is 5.91. The molecule has 0 spiro atoms. The summed E-state index contributed by atoms with van der Waals surface area (Å²) in [6.45, 7) is 7.72. The zero-order chi connectivity index (χ0) is 19.6. The number of likely N-dealkylation sites (tertiary alicyclic amines) is 1. The molecule has 4 rings (SSSR count). The van der Waals surface area contributed by atoms with Crippen molar-refractivity contribution in [2.75, 3.05) is 45.9 Å². The number of aryl methyl sites for hydroxylation is 1. The van der Waals surface area contributed by atoms with E-state index in [-0.39, 0.29) is 17.9 Å². The number of hydrogen-bond donors (Lipinski definition) is 1. The average molecular weight is 386 g/mol. The highest BCUT2D eigenvalue weighted by Gasteiger charge is 2.47. The standard InChI is InChI=1S/C22H31N3O3/c1-17-5-2-3-6-19(17)22(7-4-8-22)21(27)23-18-15-20(26)25(16-18)10-9-24-11-13-28-14-12-24/h2-3,5-6,18H,4,7-16H2,1H3,(H,23,27). The number of ether oxygens (including phenoxy) is 1. The van der Waals surface area contributed by atoms with Gasteiger partial charge in [-0.3, -0.25) is 14.5 Å². The molecule has 3 fully saturated rings. The van der Waals surface area contributed by atoms with Gasteiger partial charge in [-0.2, -0.15) is 0 Å². The molecule has 1 N–H and O–H groups in total.